The first-order valence-corrected chi connectivity index (χ1v) is 8.97. The molecule has 0 aliphatic heterocycles. The van der Waals surface area contributed by atoms with Crippen LogP contribution in [0.4, 0.5) is 5.69 Å². The van der Waals surface area contributed by atoms with Gasteiger partial charge < -0.3 is 5.11 Å². The van der Waals surface area contributed by atoms with E-state index >= 15 is 0 Å². The van der Waals surface area contributed by atoms with Gasteiger partial charge in [-0.15, -0.1) is 0 Å². The van der Waals surface area contributed by atoms with Gasteiger partial charge >= 0.3 is 0 Å². The van der Waals surface area contributed by atoms with Crippen molar-refractivity contribution in [1.29, 1.82) is 5.26 Å². The predicted molar refractivity (Wildman–Crippen MR) is 104 cm³/mol. The van der Waals surface area contributed by atoms with Crippen LogP contribution in [-0.4, -0.2) is 15.9 Å². The monoisotopic (exact) mass is 351 g/mol. The van der Waals surface area contributed by atoms with Gasteiger partial charge in [0.15, 0.2) is 0 Å². The number of para-hydroxylation sites is 1. The molecule has 0 fully saturated rings. The van der Waals surface area contributed by atoms with E-state index in [4.69, 9.17) is 0 Å². The van der Waals surface area contributed by atoms with Crippen molar-refractivity contribution in [2.45, 2.75) is 53.0 Å². The molecule has 0 saturated heterocycles. The first kappa shape index (κ1) is 19.5. The van der Waals surface area contributed by atoms with Crippen molar-refractivity contribution in [3.63, 3.8) is 0 Å². The van der Waals surface area contributed by atoms with Crippen LogP contribution >= 0.6 is 0 Å². The smallest absolute Gasteiger partial charge is 0.271 e. The lowest BCUT2D eigenvalue weighted by Gasteiger charge is -2.14. The van der Waals surface area contributed by atoms with E-state index in [1.54, 1.807) is 6.92 Å². The SMILES string of the molecule is CCCCCCn1c(O)c(C=Nc2ccccc2C)c(C)c(C#N)c1=O. The molecule has 2 rings (SSSR count). The lowest BCUT2D eigenvalue weighted by Crippen LogP contribution is -2.25. The number of pyridine rings is 1. The van der Waals surface area contributed by atoms with Crippen molar-refractivity contribution >= 4 is 11.9 Å². The third-order valence-corrected chi connectivity index (χ3v) is 4.53. The third kappa shape index (κ3) is 4.20. The Bertz CT molecular complexity index is 905. The second-order valence-corrected chi connectivity index (χ2v) is 6.41. The normalized spacial score (nSPS) is 11.0. The van der Waals surface area contributed by atoms with E-state index in [-0.39, 0.29) is 11.4 Å². The number of hydrogen-bond donors (Lipinski definition) is 1. The van der Waals surface area contributed by atoms with Crippen LogP contribution in [0, 0.1) is 25.2 Å². The fraction of sp³-hybridized carbons (Fsp3) is 0.381. The average molecular weight is 351 g/mol. The molecule has 0 spiro atoms. The zero-order chi connectivity index (χ0) is 19.1. The van der Waals surface area contributed by atoms with Crippen molar-refractivity contribution in [3.05, 3.63) is 56.9 Å². The van der Waals surface area contributed by atoms with Crippen LogP contribution in [0.5, 0.6) is 5.88 Å². The Morgan fingerprint density at radius 2 is 1.96 bits per heavy atom. The molecule has 5 heteroatoms. The molecule has 0 amide bonds. The third-order valence-electron chi connectivity index (χ3n) is 4.53. The Kier molecular flexibility index (Phi) is 6.74. The molecule has 0 radical (unpaired) electrons. The van der Waals surface area contributed by atoms with Gasteiger partial charge in [0, 0.05) is 12.8 Å². The number of aryl methyl sites for hydroxylation is 1. The number of aromatic nitrogens is 1. The maximum absolute atomic E-state index is 12.5. The number of unbranched alkanes of at least 4 members (excludes halogenated alkanes) is 3. The molecule has 0 aliphatic carbocycles. The standard InChI is InChI=1S/C21H25N3O2/c1-4-5-6-9-12-24-20(25)17(13-22)16(3)18(21(24)26)14-23-19-11-8-7-10-15(19)2/h7-8,10-11,14,26H,4-6,9,12H2,1-3H3. The van der Waals surface area contributed by atoms with Crippen LogP contribution in [-0.2, 0) is 6.54 Å². The quantitative estimate of drug-likeness (QED) is 0.594. The number of rotatable bonds is 7. The minimum absolute atomic E-state index is 0.0597. The first-order valence-electron chi connectivity index (χ1n) is 8.97. The fourth-order valence-electron chi connectivity index (χ4n) is 2.87. The molecule has 0 bridgehead atoms. The van der Waals surface area contributed by atoms with Gasteiger partial charge in [0.05, 0.1) is 11.3 Å². The Hall–Kier alpha value is -2.87. The topological polar surface area (TPSA) is 78.4 Å². The predicted octanol–water partition coefficient (Wildman–Crippen LogP) is 4.37. The molecule has 0 saturated carbocycles. The first-order chi connectivity index (χ1) is 12.5. The molecule has 1 aromatic carbocycles. The number of aromatic hydroxyl groups is 1. The lowest BCUT2D eigenvalue weighted by atomic mass is 10.1. The number of nitriles is 1. The highest BCUT2D eigenvalue weighted by molar-refractivity contribution is 5.87. The van der Waals surface area contributed by atoms with E-state index in [0.717, 1.165) is 36.9 Å². The molecule has 0 unspecified atom stereocenters. The Balaban J connectivity index is 2.47. The van der Waals surface area contributed by atoms with E-state index in [9.17, 15) is 15.2 Å². The molecule has 26 heavy (non-hydrogen) atoms. The number of hydrogen-bond acceptors (Lipinski definition) is 4. The van der Waals surface area contributed by atoms with Gasteiger partial charge in [0.1, 0.15) is 11.6 Å². The zero-order valence-electron chi connectivity index (χ0n) is 15.6. The van der Waals surface area contributed by atoms with Crippen LogP contribution < -0.4 is 5.56 Å². The highest BCUT2D eigenvalue weighted by Crippen LogP contribution is 2.23. The van der Waals surface area contributed by atoms with Gasteiger partial charge in [0.25, 0.3) is 5.56 Å². The van der Waals surface area contributed by atoms with E-state index in [0.29, 0.717) is 17.7 Å². The molecule has 2 aromatic rings. The molecule has 5 nitrogen and oxygen atoms in total. The van der Waals surface area contributed by atoms with Crippen LogP contribution in [0.2, 0.25) is 0 Å². The summed E-state index contributed by atoms with van der Waals surface area (Å²) in [5.74, 6) is -0.125. The summed E-state index contributed by atoms with van der Waals surface area (Å²) in [5, 5.41) is 20.0. The summed E-state index contributed by atoms with van der Waals surface area (Å²) in [5.41, 5.74) is 2.29. The molecule has 0 atom stereocenters. The van der Waals surface area contributed by atoms with Crippen LogP contribution in [0.1, 0.15) is 54.9 Å². The molecule has 1 aromatic heterocycles. The van der Waals surface area contributed by atoms with Gasteiger partial charge in [-0.05, 0) is 37.5 Å². The van der Waals surface area contributed by atoms with Gasteiger partial charge in [-0.25, -0.2) is 0 Å². The molecular formula is C21H25N3O2. The zero-order valence-corrected chi connectivity index (χ0v) is 15.6. The highest BCUT2D eigenvalue weighted by atomic mass is 16.3. The van der Waals surface area contributed by atoms with Crippen molar-refractivity contribution < 1.29 is 5.11 Å². The summed E-state index contributed by atoms with van der Waals surface area (Å²) in [7, 11) is 0. The molecule has 136 valence electrons. The van der Waals surface area contributed by atoms with Crippen LogP contribution in [0.15, 0.2) is 34.1 Å². The molecule has 1 N–H and O–H groups in total. The van der Waals surface area contributed by atoms with E-state index in [1.807, 2.05) is 37.3 Å². The lowest BCUT2D eigenvalue weighted by molar-refractivity contribution is 0.397. The minimum Gasteiger partial charge on any atom is -0.494 e. The Morgan fingerprint density at radius 1 is 1.23 bits per heavy atom. The minimum atomic E-state index is -0.438. The second-order valence-electron chi connectivity index (χ2n) is 6.41. The Labute approximate surface area is 154 Å². The van der Waals surface area contributed by atoms with Gasteiger partial charge in [-0.1, -0.05) is 44.4 Å². The van der Waals surface area contributed by atoms with Crippen LogP contribution in [0.25, 0.3) is 0 Å². The summed E-state index contributed by atoms with van der Waals surface area (Å²) in [4.78, 5) is 17.0. The Morgan fingerprint density at radius 3 is 2.62 bits per heavy atom. The molecular weight excluding hydrogens is 326 g/mol. The number of benzene rings is 1. The largest absolute Gasteiger partial charge is 0.494 e. The maximum Gasteiger partial charge on any atom is 0.271 e. The van der Waals surface area contributed by atoms with Crippen LogP contribution in [0.3, 0.4) is 0 Å². The highest BCUT2D eigenvalue weighted by Gasteiger charge is 2.17. The summed E-state index contributed by atoms with van der Waals surface area (Å²) >= 11 is 0. The summed E-state index contributed by atoms with van der Waals surface area (Å²) in [6.07, 6.45) is 5.46. The average Bonchev–Trinajstić information content (AvgIpc) is 2.62. The number of nitrogens with zero attached hydrogens (tertiary/aromatic N) is 3. The fourth-order valence-corrected chi connectivity index (χ4v) is 2.87. The van der Waals surface area contributed by atoms with E-state index in [1.165, 1.54) is 10.8 Å². The van der Waals surface area contributed by atoms with Crippen molar-refractivity contribution in [2.24, 2.45) is 4.99 Å². The summed E-state index contributed by atoms with van der Waals surface area (Å²) < 4.78 is 1.29. The second kappa shape index (κ2) is 9.00. The summed E-state index contributed by atoms with van der Waals surface area (Å²) in [6, 6.07) is 9.63. The van der Waals surface area contributed by atoms with Gasteiger partial charge in [-0.2, -0.15) is 5.26 Å². The van der Waals surface area contributed by atoms with Crippen molar-refractivity contribution in [2.75, 3.05) is 0 Å². The molecule has 1 heterocycles. The van der Waals surface area contributed by atoms with Crippen molar-refractivity contribution in [1.82, 2.24) is 4.57 Å². The summed E-state index contributed by atoms with van der Waals surface area (Å²) in [6.45, 7) is 6.13. The maximum atomic E-state index is 12.5. The van der Waals surface area contributed by atoms with E-state index < -0.39 is 5.56 Å². The van der Waals surface area contributed by atoms with Crippen molar-refractivity contribution in [3.8, 4) is 11.9 Å². The van der Waals surface area contributed by atoms with Gasteiger partial charge in [0.2, 0.25) is 5.88 Å². The number of aliphatic imine (C=N–C) groups is 1. The van der Waals surface area contributed by atoms with Gasteiger partial charge in [-0.3, -0.25) is 14.4 Å². The molecule has 0 aliphatic rings. The van der Waals surface area contributed by atoms with E-state index in [2.05, 4.69) is 11.9 Å².